The Morgan fingerprint density at radius 2 is 0.703 bits per heavy atom. The first-order valence-corrected chi connectivity index (χ1v) is 45.8. The molecular formula is C117H70N8S3. The number of pyridine rings is 2. The number of para-hydroxylation sites is 1. The zero-order valence-corrected chi connectivity index (χ0v) is 71.3. The predicted octanol–water partition coefficient (Wildman–Crippen LogP) is 31.9. The molecule has 0 aliphatic heterocycles. The zero-order chi connectivity index (χ0) is 84.0. The number of allylic oxidation sites excluding steroid dienone is 1. The quantitative estimate of drug-likeness (QED) is 0.113. The van der Waals surface area contributed by atoms with Gasteiger partial charge >= 0.3 is 0 Å². The van der Waals surface area contributed by atoms with E-state index in [0.29, 0.717) is 23.3 Å². The fourth-order valence-corrected chi connectivity index (χ4v) is 23.3. The van der Waals surface area contributed by atoms with E-state index in [1.54, 1.807) is 0 Å². The predicted molar refractivity (Wildman–Crippen MR) is 539 cm³/mol. The van der Waals surface area contributed by atoms with Crippen molar-refractivity contribution in [2.75, 3.05) is 0 Å². The van der Waals surface area contributed by atoms with Crippen LogP contribution in [-0.2, 0) is 6.42 Å². The second kappa shape index (κ2) is 29.9. The number of nitrogens with zero attached hydrogens (tertiary/aromatic N) is 8. The summed E-state index contributed by atoms with van der Waals surface area (Å²) in [7, 11) is 0. The molecule has 0 saturated carbocycles. The summed E-state index contributed by atoms with van der Waals surface area (Å²) in [6.45, 7) is 0. The van der Waals surface area contributed by atoms with Crippen molar-refractivity contribution in [1.82, 2.24) is 39.5 Å². The molecule has 1 aliphatic carbocycles. The maximum absolute atomic E-state index is 5.84. The molecule has 8 nitrogen and oxygen atoms in total. The Hall–Kier alpha value is -15.9. The van der Waals surface area contributed by atoms with Gasteiger partial charge in [-0.05, 0) is 175 Å². The average Bonchev–Trinajstić information content (AvgIpc) is 1.54. The van der Waals surface area contributed by atoms with Gasteiger partial charge in [0, 0.05) is 117 Å². The summed E-state index contributed by atoms with van der Waals surface area (Å²) in [6, 6.07) is 142. The molecular weight excluding hydrogens is 1610 g/mol. The highest BCUT2D eigenvalue weighted by Crippen LogP contribution is 2.50. The number of hydrogen-bond donors (Lipinski definition) is 0. The molecule has 0 radical (unpaired) electrons. The molecule has 8 heterocycles. The van der Waals surface area contributed by atoms with E-state index in [2.05, 4.69) is 369 Å². The highest BCUT2D eigenvalue weighted by Gasteiger charge is 2.27. The number of benzene rings is 17. The van der Waals surface area contributed by atoms with Crippen LogP contribution in [0.2, 0.25) is 0 Å². The Morgan fingerprint density at radius 3 is 1.40 bits per heavy atom. The molecule has 0 saturated heterocycles. The van der Waals surface area contributed by atoms with Gasteiger partial charge in [-0.3, -0.25) is 0 Å². The minimum Gasteiger partial charge on any atom is -0.309 e. The third-order valence-corrected chi connectivity index (χ3v) is 29.4. The Labute approximate surface area is 747 Å². The Balaban J connectivity index is 0.522. The van der Waals surface area contributed by atoms with Crippen LogP contribution >= 0.6 is 34.0 Å². The summed E-state index contributed by atoms with van der Waals surface area (Å²) in [5, 5.41) is 15.8. The molecule has 0 spiro atoms. The molecule has 128 heavy (non-hydrogen) atoms. The van der Waals surface area contributed by atoms with Gasteiger partial charge in [-0.25, -0.2) is 34.9 Å². The van der Waals surface area contributed by atoms with E-state index in [1.165, 1.54) is 98.9 Å². The first-order valence-electron chi connectivity index (χ1n) is 43.3. The molecule has 8 aromatic heterocycles. The third-order valence-electron chi connectivity index (χ3n) is 25.8. The number of hydrogen-bond acceptors (Lipinski definition) is 10. The minimum atomic E-state index is 0.598. The number of aromatic nitrogens is 8. The molecule has 0 bridgehead atoms. The highest BCUT2D eigenvalue weighted by molar-refractivity contribution is 7.27. The van der Waals surface area contributed by atoms with Crippen molar-refractivity contribution in [3.63, 3.8) is 0 Å². The van der Waals surface area contributed by atoms with Crippen LogP contribution in [0.4, 0.5) is 0 Å². The minimum absolute atomic E-state index is 0.598. The van der Waals surface area contributed by atoms with Crippen LogP contribution in [0, 0.1) is 0 Å². The molecule has 0 fully saturated rings. The van der Waals surface area contributed by atoms with Crippen LogP contribution in [0.15, 0.2) is 394 Å². The maximum Gasteiger partial charge on any atom is 0.164 e. The molecule has 0 unspecified atom stereocenters. The molecule has 17 aromatic carbocycles. The van der Waals surface area contributed by atoms with E-state index in [4.69, 9.17) is 34.9 Å². The SMILES string of the molecule is C1=C(c2ccc(-c3nc(-c4ccccc4)nc(-c4ccc(-n5c6ccccc6c6cc(-c7cc(-c8nc9cc(-c%10ccc(-c%11cc(-c%12ccc(-c%13cccc%14c%13sc%13ccccc%13%14)cc%12)nc(-c%12ccccc%12)n%11)cc%10)ccc9c9c8sc8ccccc89)c8ccccc8c7)ccc65)cc4)n3)cc2)CCc2c1nc(-c1cccc3ccccc13)c1sc3ccccc3c21. The van der Waals surface area contributed by atoms with E-state index in [0.717, 1.165) is 157 Å². The number of thiophene rings is 3. The lowest BCUT2D eigenvalue weighted by atomic mass is 9.88. The Kier molecular flexibility index (Phi) is 17.2. The van der Waals surface area contributed by atoms with Crippen LogP contribution in [-0.4, -0.2) is 39.5 Å². The normalized spacial score (nSPS) is 12.4. The van der Waals surface area contributed by atoms with Crippen molar-refractivity contribution < 1.29 is 0 Å². The van der Waals surface area contributed by atoms with Gasteiger partial charge in [0.1, 0.15) is 0 Å². The van der Waals surface area contributed by atoms with E-state index >= 15 is 0 Å². The van der Waals surface area contributed by atoms with Crippen molar-refractivity contribution in [3.8, 4) is 130 Å². The van der Waals surface area contributed by atoms with Crippen molar-refractivity contribution in [1.29, 1.82) is 0 Å². The van der Waals surface area contributed by atoms with Gasteiger partial charge in [0.15, 0.2) is 23.3 Å². The fraction of sp³-hybridized carbons (Fsp3) is 0.0171. The molecule has 0 amide bonds. The Morgan fingerprint density at radius 1 is 0.234 bits per heavy atom. The average molecular weight is 1680 g/mol. The van der Waals surface area contributed by atoms with Crippen LogP contribution in [0.1, 0.15) is 23.2 Å². The number of aryl methyl sites for hydroxylation is 1. The monoisotopic (exact) mass is 1680 g/mol. The summed E-state index contributed by atoms with van der Waals surface area (Å²) in [5.41, 5.74) is 27.4. The molecule has 0 atom stereocenters. The van der Waals surface area contributed by atoms with Gasteiger partial charge in [0.25, 0.3) is 0 Å². The lowest BCUT2D eigenvalue weighted by Crippen LogP contribution is -2.04. The maximum atomic E-state index is 5.84. The van der Waals surface area contributed by atoms with Crippen LogP contribution < -0.4 is 0 Å². The topological polar surface area (TPSA) is 95.2 Å². The van der Waals surface area contributed by atoms with E-state index in [1.807, 2.05) is 70.4 Å². The summed E-state index contributed by atoms with van der Waals surface area (Å²) in [5.74, 6) is 2.50. The van der Waals surface area contributed by atoms with Crippen LogP contribution in [0.25, 0.3) is 256 Å². The van der Waals surface area contributed by atoms with Crippen molar-refractivity contribution in [2.24, 2.45) is 0 Å². The van der Waals surface area contributed by atoms with Crippen molar-refractivity contribution in [2.45, 2.75) is 12.8 Å². The number of rotatable bonds is 13. The highest BCUT2D eigenvalue weighted by atomic mass is 32.1. The molecule has 11 heteroatoms. The molecule has 596 valence electrons. The Bertz CT molecular complexity index is 8910. The van der Waals surface area contributed by atoms with Crippen molar-refractivity contribution >= 4 is 160 Å². The smallest absolute Gasteiger partial charge is 0.164 e. The second-order valence-electron chi connectivity index (χ2n) is 33.2. The summed E-state index contributed by atoms with van der Waals surface area (Å²) >= 11 is 5.54. The van der Waals surface area contributed by atoms with Gasteiger partial charge in [-0.15, -0.1) is 34.0 Å². The molecule has 26 rings (SSSR count). The molecule has 25 aromatic rings. The van der Waals surface area contributed by atoms with E-state index < -0.39 is 0 Å². The fourth-order valence-electron chi connectivity index (χ4n) is 19.6. The largest absolute Gasteiger partial charge is 0.309 e. The first kappa shape index (κ1) is 73.6. The van der Waals surface area contributed by atoms with Crippen LogP contribution in [0.3, 0.4) is 0 Å². The summed E-state index contributed by atoms with van der Waals surface area (Å²) in [4.78, 5) is 37.6. The lowest BCUT2D eigenvalue weighted by Gasteiger charge is -2.20. The van der Waals surface area contributed by atoms with E-state index in [9.17, 15) is 0 Å². The third kappa shape index (κ3) is 12.4. The van der Waals surface area contributed by atoms with Gasteiger partial charge in [0.05, 0.1) is 54.4 Å². The van der Waals surface area contributed by atoms with Gasteiger partial charge in [-0.2, -0.15) is 0 Å². The van der Waals surface area contributed by atoms with Gasteiger partial charge < -0.3 is 4.57 Å². The summed E-state index contributed by atoms with van der Waals surface area (Å²) in [6.07, 6.45) is 4.13. The molecule has 1 aliphatic rings. The van der Waals surface area contributed by atoms with Gasteiger partial charge in [-0.1, -0.05) is 309 Å². The van der Waals surface area contributed by atoms with Crippen molar-refractivity contribution in [3.05, 3.63) is 411 Å². The zero-order valence-electron chi connectivity index (χ0n) is 68.8. The van der Waals surface area contributed by atoms with Gasteiger partial charge in [0.2, 0.25) is 0 Å². The second-order valence-corrected chi connectivity index (χ2v) is 36.4. The first-order chi connectivity index (χ1) is 63.4. The summed E-state index contributed by atoms with van der Waals surface area (Å²) < 4.78 is 9.92. The van der Waals surface area contributed by atoms with Crippen LogP contribution in [0.5, 0.6) is 0 Å². The molecule has 0 N–H and O–H groups in total. The lowest BCUT2D eigenvalue weighted by molar-refractivity contribution is 0.996. The standard InChI is InChI=1S/C117H70N8S3/c1-3-22-75(23-4-1)114-120-98(68-99(121-114)74-49-45-72(46-50-74)87-34-20-36-91-89-31-12-16-38-104(89)126-111(87)91)73-47-41-69(42-48-73)80-55-61-93-101(67-80)119-110(113-108(93)95-33-14-18-40-106(95)128-113)97-65-83(63-82-26-8-10-29-86(82)97)79-57-62-103-96(64-79)88-30-11-15-37-102(88)125(103)84-58-53-78(54-59-84)117-123-115(76-24-5-2-6-25-76)122-116(124-117)77-51-43-70(44-52-77)81-56-60-92-100(66-81)118-109(90-35-19-27-71-21-7-9-28-85(71)90)112-107(92)94-32-13-17-39-105(94)127-112/h1-55,57-59,61-68H,56,60H2. The number of fused-ring (bicyclic) bond motifs is 18. The van der Waals surface area contributed by atoms with E-state index in [-0.39, 0.29) is 0 Å².